The van der Waals surface area contributed by atoms with E-state index in [2.05, 4.69) is 21.2 Å². The van der Waals surface area contributed by atoms with E-state index in [9.17, 15) is 18.0 Å². The van der Waals surface area contributed by atoms with Crippen LogP contribution in [-0.4, -0.2) is 50.5 Å². The number of benzene rings is 3. The third-order valence-electron chi connectivity index (χ3n) is 6.09. The van der Waals surface area contributed by atoms with E-state index < -0.39 is 28.5 Å². The highest BCUT2D eigenvalue weighted by Gasteiger charge is 2.33. The van der Waals surface area contributed by atoms with Crippen molar-refractivity contribution < 1.29 is 18.0 Å². The van der Waals surface area contributed by atoms with Crippen molar-refractivity contribution in [1.29, 1.82) is 0 Å². The van der Waals surface area contributed by atoms with Crippen LogP contribution in [0.15, 0.2) is 77.3 Å². The fourth-order valence-electron chi connectivity index (χ4n) is 4.02. The largest absolute Gasteiger partial charge is 0.354 e. The van der Waals surface area contributed by atoms with E-state index >= 15 is 0 Å². The SMILES string of the molecule is CC(C)CNC(=O)[C@@H](Cc1ccccc1)N(Cc1ccc(Br)cc1)C(=O)CN(c1ccc(Cl)c(Cl)c1)S(C)(=O)=O. The first-order valence-corrected chi connectivity index (χ1v) is 16.0. The summed E-state index contributed by atoms with van der Waals surface area (Å²) in [6.45, 7) is 3.97. The van der Waals surface area contributed by atoms with Crippen molar-refractivity contribution >= 4 is 66.7 Å². The molecule has 11 heteroatoms. The van der Waals surface area contributed by atoms with Crippen molar-refractivity contribution in [3.8, 4) is 0 Å². The van der Waals surface area contributed by atoms with Crippen molar-refractivity contribution in [3.05, 3.63) is 98.4 Å². The van der Waals surface area contributed by atoms with Crippen molar-refractivity contribution in [2.24, 2.45) is 5.92 Å². The molecule has 1 atom stereocenters. The zero-order chi connectivity index (χ0) is 29.4. The predicted octanol–water partition coefficient (Wildman–Crippen LogP) is 5.93. The molecule has 3 aromatic rings. The minimum atomic E-state index is -3.90. The second-order valence-electron chi connectivity index (χ2n) is 9.86. The van der Waals surface area contributed by atoms with Crippen LogP contribution >= 0.6 is 39.1 Å². The summed E-state index contributed by atoms with van der Waals surface area (Å²) in [4.78, 5) is 29.1. The monoisotopic (exact) mass is 667 g/mol. The third-order valence-corrected chi connectivity index (χ3v) is 8.50. The Balaban J connectivity index is 2.05. The molecule has 214 valence electrons. The van der Waals surface area contributed by atoms with Gasteiger partial charge in [-0.2, -0.15) is 0 Å². The Hall–Kier alpha value is -2.59. The Kier molecular flexibility index (Phi) is 11.5. The molecule has 0 unspecified atom stereocenters. The molecule has 2 amide bonds. The van der Waals surface area contributed by atoms with Crippen LogP contribution < -0.4 is 9.62 Å². The number of halogens is 3. The Labute approximate surface area is 254 Å². The van der Waals surface area contributed by atoms with Crippen molar-refractivity contribution in [1.82, 2.24) is 10.2 Å². The van der Waals surface area contributed by atoms with E-state index in [0.29, 0.717) is 6.54 Å². The minimum absolute atomic E-state index is 0.0949. The lowest BCUT2D eigenvalue weighted by Gasteiger charge is -2.33. The molecule has 7 nitrogen and oxygen atoms in total. The highest BCUT2D eigenvalue weighted by Crippen LogP contribution is 2.29. The molecule has 0 aliphatic rings. The van der Waals surface area contributed by atoms with Gasteiger partial charge in [-0.15, -0.1) is 0 Å². The van der Waals surface area contributed by atoms with Crippen LogP contribution in [0.1, 0.15) is 25.0 Å². The van der Waals surface area contributed by atoms with Gasteiger partial charge in [0.25, 0.3) is 0 Å². The van der Waals surface area contributed by atoms with E-state index in [-0.39, 0.29) is 40.5 Å². The average molecular weight is 669 g/mol. The van der Waals surface area contributed by atoms with Gasteiger partial charge in [0.15, 0.2) is 0 Å². The summed E-state index contributed by atoms with van der Waals surface area (Å²) in [5.41, 5.74) is 1.84. The second-order valence-corrected chi connectivity index (χ2v) is 13.5. The van der Waals surface area contributed by atoms with Crippen molar-refractivity contribution in [3.63, 3.8) is 0 Å². The number of hydrogen-bond acceptors (Lipinski definition) is 4. The number of nitrogens with zero attached hydrogens (tertiary/aromatic N) is 2. The summed E-state index contributed by atoms with van der Waals surface area (Å²) >= 11 is 15.6. The quantitative estimate of drug-likeness (QED) is 0.259. The molecule has 0 saturated carbocycles. The minimum Gasteiger partial charge on any atom is -0.354 e. The number of carbonyl (C=O) groups excluding carboxylic acids is 2. The smallest absolute Gasteiger partial charge is 0.244 e. The first kappa shape index (κ1) is 31.9. The summed E-state index contributed by atoms with van der Waals surface area (Å²) in [7, 11) is -3.90. The Morgan fingerprint density at radius 3 is 2.15 bits per heavy atom. The zero-order valence-corrected chi connectivity index (χ0v) is 26.4. The second kappa shape index (κ2) is 14.3. The predicted molar refractivity (Wildman–Crippen MR) is 165 cm³/mol. The molecular formula is C29H32BrCl2N3O4S. The first-order chi connectivity index (χ1) is 18.8. The lowest BCUT2D eigenvalue weighted by molar-refractivity contribution is -0.140. The average Bonchev–Trinajstić information content (AvgIpc) is 2.90. The highest BCUT2D eigenvalue weighted by molar-refractivity contribution is 9.10. The van der Waals surface area contributed by atoms with E-state index in [1.54, 1.807) is 0 Å². The van der Waals surface area contributed by atoms with Gasteiger partial charge < -0.3 is 10.2 Å². The molecule has 0 aliphatic heterocycles. The van der Waals surface area contributed by atoms with Gasteiger partial charge in [0, 0.05) is 24.0 Å². The molecule has 0 saturated heterocycles. The number of hydrogen-bond donors (Lipinski definition) is 1. The van der Waals surface area contributed by atoms with Crippen molar-refractivity contribution in [2.45, 2.75) is 32.9 Å². The number of carbonyl (C=O) groups is 2. The van der Waals surface area contributed by atoms with Gasteiger partial charge in [0.2, 0.25) is 21.8 Å². The maximum absolute atomic E-state index is 14.0. The standard InChI is InChI=1S/C29H32BrCl2N3O4S/c1-20(2)17-33-29(37)27(15-21-7-5-4-6-8-21)34(18-22-9-11-23(30)12-10-22)28(36)19-35(40(3,38)39)24-13-14-25(31)26(32)16-24/h4-14,16,20,27H,15,17-19H2,1-3H3,(H,33,37)/t27-/m1/s1. The van der Waals surface area contributed by atoms with E-state index in [1.807, 2.05) is 68.4 Å². The fraction of sp³-hybridized carbons (Fsp3) is 0.310. The molecule has 0 radical (unpaired) electrons. The molecule has 0 aliphatic carbocycles. The van der Waals surface area contributed by atoms with E-state index in [4.69, 9.17) is 23.2 Å². The molecular weight excluding hydrogens is 637 g/mol. The lowest BCUT2D eigenvalue weighted by Crippen LogP contribution is -2.53. The maximum Gasteiger partial charge on any atom is 0.244 e. The maximum atomic E-state index is 14.0. The number of amides is 2. The van der Waals surface area contributed by atoms with Gasteiger partial charge >= 0.3 is 0 Å². The number of sulfonamides is 1. The van der Waals surface area contributed by atoms with Crippen LogP contribution in [0.5, 0.6) is 0 Å². The van der Waals surface area contributed by atoms with E-state index in [1.165, 1.54) is 23.1 Å². The summed E-state index contributed by atoms with van der Waals surface area (Å²) in [5.74, 6) is -0.657. The topological polar surface area (TPSA) is 86.8 Å². The Morgan fingerprint density at radius 2 is 1.57 bits per heavy atom. The lowest BCUT2D eigenvalue weighted by atomic mass is 10.0. The molecule has 1 N–H and O–H groups in total. The van der Waals surface area contributed by atoms with Crippen LogP contribution in [-0.2, 0) is 32.6 Å². The molecule has 40 heavy (non-hydrogen) atoms. The van der Waals surface area contributed by atoms with Gasteiger partial charge in [-0.05, 0) is 47.4 Å². The molecule has 0 spiro atoms. The van der Waals surface area contributed by atoms with Crippen molar-refractivity contribution in [2.75, 3.05) is 23.7 Å². The Bertz CT molecular complexity index is 1420. The zero-order valence-electron chi connectivity index (χ0n) is 22.5. The molecule has 3 rings (SSSR count). The van der Waals surface area contributed by atoms with Gasteiger partial charge in [-0.25, -0.2) is 8.42 Å². The van der Waals surface area contributed by atoms with E-state index in [0.717, 1.165) is 26.2 Å². The molecule has 0 fully saturated rings. The molecule has 3 aromatic carbocycles. The van der Waals surface area contributed by atoms with Gasteiger partial charge in [0.05, 0.1) is 22.0 Å². The van der Waals surface area contributed by atoms with Crippen LogP contribution in [0, 0.1) is 5.92 Å². The van der Waals surface area contributed by atoms with Crippen LogP contribution in [0.2, 0.25) is 10.0 Å². The summed E-state index contributed by atoms with van der Waals surface area (Å²) in [5, 5.41) is 3.37. The number of rotatable bonds is 12. The first-order valence-electron chi connectivity index (χ1n) is 12.6. The Morgan fingerprint density at radius 1 is 0.925 bits per heavy atom. The van der Waals surface area contributed by atoms with Gasteiger partial charge in [0.1, 0.15) is 12.6 Å². The summed E-state index contributed by atoms with van der Waals surface area (Å²) < 4.78 is 27.5. The molecule has 0 bridgehead atoms. The molecule has 0 aromatic heterocycles. The fourth-order valence-corrected chi connectivity index (χ4v) is 5.42. The van der Waals surface area contributed by atoms with Crippen LogP contribution in [0.4, 0.5) is 5.69 Å². The highest BCUT2D eigenvalue weighted by atomic mass is 79.9. The van der Waals surface area contributed by atoms with Gasteiger partial charge in [-0.1, -0.05) is 95.4 Å². The third kappa shape index (κ3) is 9.23. The normalized spacial score (nSPS) is 12.2. The number of nitrogens with one attached hydrogen (secondary N) is 1. The number of anilines is 1. The van der Waals surface area contributed by atoms with Gasteiger partial charge in [-0.3, -0.25) is 13.9 Å². The molecule has 0 heterocycles. The summed E-state index contributed by atoms with van der Waals surface area (Å²) in [6, 6.07) is 20.3. The van der Waals surface area contributed by atoms with Crippen LogP contribution in [0.3, 0.4) is 0 Å². The van der Waals surface area contributed by atoms with Crippen LogP contribution in [0.25, 0.3) is 0 Å². The summed E-state index contributed by atoms with van der Waals surface area (Å²) in [6.07, 6.45) is 1.26.